The van der Waals surface area contributed by atoms with Crippen molar-refractivity contribution in [1.82, 2.24) is 0 Å². The first-order valence-electron chi connectivity index (χ1n) is 5.03. The number of rotatable bonds is 2. The number of hydrogen-bond donors (Lipinski definition) is 0. The van der Waals surface area contributed by atoms with Crippen LogP contribution in [0.2, 0.25) is 5.02 Å². The summed E-state index contributed by atoms with van der Waals surface area (Å²) < 4.78 is 40.5. The highest BCUT2D eigenvalue weighted by molar-refractivity contribution is 9.09. The molecule has 18 heavy (non-hydrogen) atoms. The Hall–Kier alpha value is -1.00. The normalized spacial score (nSPS) is 12.5. The van der Waals surface area contributed by atoms with E-state index < -0.39 is 22.3 Å². The summed E-state index contributed by atoms with van der Waals surface area (Å²) in [7, 11) is 0. The van der Waals surface area contributed by atoms with Crippen LogP contribution in [0.15, 0.2) is 36.4 Å². The minimum atomic E-state index is -0.799. The van der Waals surface area contributed by atoms with E-state index in [9.17, 15) is 13.2 Å². The van der Waals surface area contributed by atoms with Crippen LogP contribution in [0.1, 0.15) is 16.0 Å². The summed E-state index contributed by atoms with van der Waals surface area (Å²) in [5.74, 6) is -1.85. The largest absolute Gasteiger partial charge is 0.207 e. The standard InChI is InChI=1S/C13H7BrClF3/c14-12(8-2-1-3-10(15)13(8)18)9-6-7(16)4-5-11(9)17/h1-6,12H. The van der Waals surface area contributed by atoms with Gasteiger partial charge in [-0.05, 0) is 24.3 Å². The summed E-state index contributed by atoms with van der Waals surface area (Å²) in [6, 6.07) is 7.43. The van der Waals surface area contributed by atoms with Gasteiger partial charge < -0.3 is 0 Å². The summed E-state index contributed by atoms with van der Waals surface area (Å²) in [5, 5.41) is -0.0613. The second-order valence-corrected chi connectivity index (χ2v) is 4.99. The fraction of sp³-hybridized carbons (Fsp3) is 0.0769. The smallest absolute Gasteiger partial charge is 0.146 e. The number of hydrogen-bond acceptors (Lipinski definition) is 0. The predicted octanol–water partition coefficient (Wildman–Crippen LogP) is 5.24. The second-order valence-electron chi connectivity index (χ2n) is 3.67. The van der Waals surface area contributed by atoms with Crippen LogP contribution in [0, 0.1) is 17.5 Å². The molecular formula is C13H7BrClF3. The van der Waals surface area contributed by atoms with Gasteiger partial charge in [0.2, 0.25) is 0 Å². The van der Waals surface area contributed by atoms with Crippen LogP contribution < -0.4 is 0 Å². The SMILES string of the molecule is Fc1ccc(F)c(C(Br)c2cccc(Cl)c2F)c1. The lowest BCUT2D eigenvalue weighted by Gasteiger charge is -2.13. The van der Waals surface area contributed by atoms with Crippen molar-refractivity contribution >= 4 is 27.5 Å². The van der Waals surface area contributed by atoms with Crippen molar-refractivity contribution in [3.05, 3.63) is 70.0 Å². The third-order valence-corrected chi connectivity index (χ3v) is 3.76. The van der Waals surface area contributed by atoms with Crippen molar-refractivity contribution in [2.24, 2.45) is 0 Å². The van der Waals surface area contributed by atoms with Crippen molar-refractivity contribution in [3.8, 4) is 0 Å². The lowest BCUT2D eigenvalue weighted by molar-refractivity contribution is 0.582. The van der Waals surface area contributed by atoms with E-state index in [0.29, 0.717) is 0 Å². The molecule has 2 aromatic carbocycles. The van der Waals surface area contributed by atoms with E-state index in [4.69, 9.17) is 11.6 Å². The van der Waals surface area contributed by atoms with Gasteiger partial charge in [0.05, 0.1) is 9.85 Å². The van der Waals surface area contributed by atoms with Gasteiger partial charge in [-0.1, -0.05) is 39.7 Å². The van der Waals surface area contributed by atoms with E-state index in [0.717, 1.165) is 18.2 Å². The van der Waals surface area contributed by atoms with Crippen molar-refractivity contribution in [2.75, 3.05) is 0 Å². The Labute approximate surface area is 116 Å². The molecule has 0 fully saturated rings. The average Bonchev–Trinajstić information content (AvgIpc) is 2.35. The molecule has 0 saturated heterocycles. The van der Waals surface area contributed by atoms with Crippen molar-refractivity contribution in [2.45, 2.75) is 4.83 Å². The van der Waals surface area contributed by atoms with E-state index in [1.54, 1.807) is 6.07 Å². The molecule has 5 heteroatoms. The molecule has 0 nitrogen and oxygen atoms in total. The minimum Gasteiger partial charge on any atom is -0.207 e. The van der Waals surface area contributed by atoms with E-state index in [-0.39, 0.29) is 16.1 Å². The molecule has 0 aromatic heterocycles. The highest BCUT2D eigenvalue weighted by atomic mass is 79.9. The van der Waals surface area contributed by atoms with Gasteiger partial charge in [-0.2, -0.15) is 0 Å². The van der Waals surface area contributed by atoms with Crippen LogP contribution in [0.3, 0.4) is 0 Å². The first kappa shape index (κ1) is 13.4. The molecule has 0 aliphatic rings. The average molecular weight is 336 g/mol. The van der Waals surface area contributed by atoms with Crippen molar-refractivity contribution in [3.63, 3.8) is 0 Å². The molecule has 2 aromatic rings. The van der Waals surface area contributed by atoms with E-state index in [1.807, 2.05) is 0 Å². The minimum absolute atomic E-state index is 0.0242. The number of benzene rings is 2. The number of alkyl halides is 1. The Morgan fingerprint density at radius 1 is 1.00 bits per heavy atom. The molecule has 0 aliphatic carbocycles. The van der Waals surface area contributed by atoms with Crippen LogP contribution in [0.25, 0.3) is 0 Å². The molecule has 2 rings (SSSR count). The van der Waals surface area contributed by atoms with Crippen LogP contribution in [-0.2, 0) is 0 Å². The Balaban J connectivity index is 2.51. The molecule has 0 bridgehead atoms. The highest BCUT2D eigenvalue weighted by Gasteiger charge is 2.20. The van der Waals surface area contributed by atoms with Crippen LogP contribution in [0.5, 0.6) is 0 Å². The van der Waals surface area contributed by atoms with Gasteiger partial charge in [0.25, 0.3) is 0 Å². The fourth-order valence-corrected chi connectivity index (χ4v) is 2.48. The maximum absolute atomic E-state index is 13.8. The molecule has 0 aliphatic heterocycles. The van der Waals surface area contributed by atoms with Crippen LogP contribution in [0.4, 0.5) is 13.2 Å². The third kappa shape index (κ3) is 2.54. The third-order valence-electron chi connectivity index (χ3n) is 2.49. The quantitative estimate of drug-likeness (QED) is 0.658. The summed E-state index contributed by atoms with van der Waals surface area (Å²) in [5.41, 5.74) is 0.183. The van der Waals surface area contributed by atoms with Crippen molar-refractivity contribution < 1.29 is 13.2 Å². The molecule has 0 amide bonds. The monoisotopic (exact) mass is 334 g/mol. The van der Waals surface area contributed by atoms with Gasteiger partial charge in [0.1, 0.15) is 17.5 Å². The van der Waals surface area contributed by atoms with Gasteiger partial charge in [0, 0.05) is 11.1 Å². The van der Waals surface area contributed by atoms with E-state index in [1.165, 1.54) is 12.1 Å². The maximum atomic E-state index is 13.8. The molecule has 0 N–H and O–H groups in total. The molecule has 94 valence electrons. The number of halogens is 5. The first-order valence-corrected chi connectivity index (χ1v) is 6.33. The van der Waals surface area contributed by atoms with Gasteiger partial charge in [-0.15, -0.1) is 0 Å². The van der Waals surface area contributed by atoms with Gasteiger partial charge in [-0.3, -0.25) is 0 Å². The lowest BCUT2D eigenvalue weighted by atomic mass is 10.0. The second kappa shape index (κ2) is 5.33. The molecule has 0 saturated carbocycles. The zero-order chi connectivity index (χ0) is 13.3. The fourth-order valence-electron chi connectivity index (χ4n) is 1.59. The predicted molar refractivity (Wildman–Crippen MR) is 68.5 cm³/mol. The van der Waals surface area contributed by atoms with Crippen LogP contribution >= 0.6 is 27.5 Å². The van der Waals surface area contributed by atoms with E-state index >= 15 is 0 Å². The Bertz CT molecular complexity index is 584. The molecule has 1 atom stereocenters. The molecule has 0 heterocycles. The molecule has 0 radical (unpaired) electrons. The lowest BCUT2D eigenvalue weighted by Crippen LogP contribution is -2.00. The van der Waals surface area contributed by atoms with E-state index in [2.05, 4.69) is 15.9 Å². The summed E-state index contributed by atoms with van der Waals surface area (Å²) in [4.78, 5) is -0.799. The summed E-state index contributed by atoms with van der Waals surface area (Å²) in [6.45, 7) is 0. The first-order chi connectivity index (χ1) is 8.50. The molecule has 1 unspecified atom stereocenters. The van der Waals surface area contributed by atoms with Gasteiger partial charge in [-0.25, -0.2) is 13.2 Å². The Kier molecular flexibility index (Phi) is 3.97. The Morgan fingerprint density at radius 2 is 1.72 bits per heavy atom. The topological polar surface area (TPSA) is 0 Å². The molecular weight excluding hydrogens is 328 g/mol. The van der Waals surface area contributed by atoms with Crippen molar-refractivity contribution in [1.29, 1.82) is 0 Å². The maximum Gasteiger partial charge on any atom is 0.146 e. The van der Waals surface area contributed by atoms with Gasteiger partial charge in [0.15, 0.2) is 0 Å². The Morgan fingerprint density at radius 3 is 2.44 bits per heavy atom. The molecule has 0 spiro atoms. The summed E-state index contributed by atoms with van der Waals surface area (Å²) >= 11 is 8.81. The zero-order valence-corrected chi connectivity index (χ0v) is 11.3. The van der Waals surface area contributed by atoms with Gasteiger partial charge >= 0.3 is 0 Å². The highest BCUT2D eigenvalue weighted by Crippen LogP contribution is 2.35. The zero-order valence-electron chi connectivity index (χ0n) is 8.93. The van der Waals surface area contributed by atoms with Crippen LogP contribution in [-0.4, -0.2) is 0 Å². The summed E-state index contributed by atoms with van der Waals surface area (Å²) in [6.07, 6.45) is 0.